The molecular formula is C21H18N2O6. The van der Waals surface area contributed by atoms with Gasteiger partial charge in [-0.3, -0.25) is 14.9 Å². The minimum atomic E-state index is -0.654. The first kappa shape index (κ1) is 19.7. The topological polar surface area (TPSA) is 115 Å². The quantitative estimate of drug-likeness (QED) is 0.252. The predicted molar refractivity (Wildman–Crippen MR) is 106 cm³/mol. The van der Waals surface area contributed by atoms with Crippen molar-refractivity contribution in [3.63, 3.8) is 0 Å². The number of carbonyl (C=O) groups is 1. The first-order chi connectivity index (χ1) is 14.0. The van der Waals surface area contributed by atoms with E-state index in [9.17, 15) is 20.0 Å². The molecule has 0 aliphatic carbocycles. The van der Waals surface area contributed by atoms with Crippen molar-refractivity contribution in [2.45, 2.75) is 13.0 Å². The number of furan rings is 1. The molecule has 148 valence electrons. The van der Waals surface area contributed by atoms with Crippen LogP contribution in [0.15, 0.2) is 71.7 Å². The van der Waals surface area contributed by atoms with Gasteiger partial charge in [0.25, 0.3) is 11.6 Å². The Hall–Kier alpha value is -4.07. The van der Waals surface area contributed by atoms with Gasteiger partial charge in [0.1, 0.15) is 23.9 Å². The van der Waals surface area contributed by atoms with Crippen LogP contribution in [-0.4, -0.2) is 15.9 Å². The van der Waals surface area contributed by atoms with E-state index >= 15 is 0 Å². The third kappa shape index (κ3) is 4.81. The number of nitrogens with zero attached hydrogens (tertiary/aromatic N) is 1. The minimum absolute atomic E-state index is 0.0196. The molecule has 1 aromatic heterocycles. The van der Waals surface area contributed by atoms with Crippen LogP contribution in [0.2, 0.25) is 0 Å². The van der Waals surface area contributed by atoms with Gasteiger partial charge in [0.05, 0.1) is 10.6 Å². The number of hydrogen-bond donors (Lipinski definition) is 2. The highest BCUT2D eigenvalue weighted by atomic mass is 16.6. The molecule has 0 radical (unpaired) electrons. The van der Waals surface area contributed by atoms with Crippen molar-refractivity contribution in [3.8, 4) is 11.5 Å². The number of ether oxygens (including phenoxy) is 1. The zero-order valence-electron chi connectivity index (χ0n) is 15.3. The largest absolute Gasteiger partial charge is 0.506 e. The highest BCUT2D eigenvalue weighted by molar-refractivity contribution is 6.03. The number of nitro benzene ring substituents is 1. The number of hydrogen-bond acceptors (Lipinski definition) is 6. The maximum absolute atomic E-state index is 12.3. The van der Waals surface area contributed by atoms with Crippen LogP contribution in [0, 0.1) is 10.1 Å². The fraction of sp³-hybridized carbons (Fsp3) is 0.0952. The van der Waals surface area contributed by atoms with E-state index in [2.05, 4.69) is 11.9 Å². The van der Waals surface area contributed by atoms with E-state index in [1.807, 2.05) is 24.3 Å². The van der Waals surface area contributed by atoms with Crippen molar-refractivity contribution in [2.75, 3.05) is 5.32 Å². The normalized spacial score (nSPS) is 10.3. The molecular weight excluding hydrogens is 376 g/mol. The standard InChI is InChI=1S/C21H18N2O6/c1-2-5-14-6-3-4-7-19(14)28-13-16-9-11-20(29-16)21(25)22-17-12-15(23(26)27)8-10-18(17)24/h2-4,6-12,24H,1,5,13H2,(H,22,25). The van der Waals surface area contributed by atoms with Crippen molar-refractivity contribution >= 4 is 17.3 Å². The molecule has 1 heterocycles. The highest BCUT2D eigenvalue weighted by Crippen LogP contribution is 2.28. The minimum Gasteiger partial charge on any atom is -0.506 e. The van der Waals surface area contributed by atoms with Crippen LogP contribution in [0.1, 0.15) is 21.9 Å². The second kappa shape index (κ2) is 8.75. The second-order valence-electron chi connectivity index (χ2n) is 6.07. The zero-order valence-corrected chi connectivity index (χ0v) is 15.3. The number of benzene rings is 2. The van der Waals surface area contributed by atoms with E-state index in [4.69, 9.17) is 9.15 Å². The molecule has 2 N–H and O–H groups in total. The molecule has 0 aliphatic heterocycles. The van der Waals surface area contributed by atoms with Gasteiger partial charge in [-0.25, -0.2) is 0 Å². The molecule has 8 heteroatoms. The smallest absolute Gasteiger partial charge is 0.291 e. The molecule has 29 heavy (non-hydrogen) atoms. The lowest BCUT2D eigenvalue weighted by Gasteiger charge is -2.09. The molecule has 0 bridgehead atoms. The van der Waals surface area contributed by atoms with Crippen molar-refractivity contribution in [2.24, 2.45) is 0 Å². The summed E-state index contributed by atoms with van der Waals surface area (Å²) in [5, 5.41) is 23.0. The number of para-hydroxylation sites is 1. The van der Waals surface area contributed by atoms with Gasteiger partial charge in [0, 0.05) is 12.1 Å². The van der Waals surface area contributed by atoms with E-state index in [1.165, 1.54) is 6.07 Å². The van der Waals surface area contributed by atoms with Crippen LogP contribution in [0.4, 0.5) is 11.4 Å². The van der Waals surface area contributed by atoms with Crippen LogP contribution in [0.25, 0.3) is 0 Å². The maximum atomic E-state index is 12.3. The first-order valence-corrected chi connectivity index (χ1v) is 8.67. The number of phenols is 1. The van der Waals surface area contributed by atoms with Gasteiger partial charge >= 0.3 is 0 Å². The Balaban J connectivity index is 1.67. The molecule has 3 aromatic rings. The summed E-state index contributed by atoms with van der Waals surface area (Å²) in [7, 11) is 0. The number of non-ortho nitro benzene ring substituents is 1. The van der Waals surface area contributed by atoms with Gasteiger partial charge in [-0.2, -0.15) is 0 Å². The van der Waals surface area contributed by atoms with Crippen molar-refractivity contribution < 1.29 is 24.0 Å². The summed E-state index contributed by atoms with van der Waals surface area (Å²) < 4.78 is 11.2. The van der Waals surface area contributed by atoms with Crippen LogP contribution < -0.4 is 10.1 Å². The SMILES string of the molecule is C=CCc1ccccc1OCc1ccc(C(=O)Nc2cc([N+](=O)[O-])ccc2O)o1. The van der Waals surface area contributed by atoms with Gasteiger partial charge in [-0.15, -0.1) is 6.58 Å². The van der Waals surface area contributed by atoms with Crippen molar-refractivity contribution in [3.05, 3.63) is 94.5 Å². The number of nitro groups is 1. The summed E-state index contributed by atoms with van der Waals surface area (Å²) in [6.45, 7) is 3.83. The molecule has 0 unspecified atom stereocenters. The van der Waals surface area contributed by atoms with E-state index in [1.54, 1.807) is 12.1 Å². The van der Waals surface area contributed by atoms with Gasteiger partial charge < -0.3 is 19.6 Å². The van der Waals surface area contributed by atoms with Gasteiger partial charge in [0.15, 0.2) is 5.76 Å². The zero-order chi connectivity index (χ0) is 20.8. The molecule has 0 atom stereocenters. The van der Waals surface area contributed by atoms with E-state index < -0.39 is 10.8 Å². The summed E-state index contributed by atoms with van der Waals surface area (Å²) in [6.07, 6.45) is 2.44. The Labute approximate surface area is 166 Å². The Morgan fingerprint density at radius 3 is 2.79 bits per heavy atom. The van der Waals surface area contributed by atoms with Crippen LogP contribution in [0.3, 0.4) is 0 Å². The summed E-state index contributed by atoms with van der Waals surface area (Å²) in [4.78, 5) is 22.6. The summed E-state index contributed by atoms with van der Waals surface area (Å²) in [5.41, 5.74) is 0.634. The Kier molecular flexibility index (Phi) is 5.94. The van der Waals surface area contributed by atoms with Gasteiger partial charge in [-0.05, 0) is 36.2 Å². The lowest BCUT2D eigenvalue weighted by Crippen LogP contribution is -2.11. The summed E-state index contributed by atoms with van der Waals surface area (Å²) in [5.74, 6) is 0.147. The Morgan fingerprint density at radius 1 is 1.24 bits per heavy atom. The maximum Gasteiger partial charge on any atom is 0.291 e. The average Bonchev–Trinajstić information content (AvgIpc) is 3.18. The molecule has 2 aromatic carbocycles. The predicted octanol–water partition coefficient (Wildman–Crippen LogP) is 4.45. The molecule has 0 aliphatic rings. The van der Waals surface area contributed by atoms with Crippen LogP contribution in [0.5, 0.6) is 11.5 Å². The van der Waals surface area contributed by atoms with Gasteiger partial charge in [-0.1, -0.05) is 24.3 Å². The molecule has 8 nitrogen and oxygen atoms in total. The molecule has 0 saturated carbocycles. The van der Waals surface area contributed by atoms with Crippen LogP contribution >= 0.6 is 0 Å². The molecule has 1 amide bonds. The number of amides is 1. The fourth-order valence-corrected chi connectivity index (χ4v) is 2.62. The third-order valence-corrected chi connectivity index (χ3v) is 4.03. The average molecular weight is 394 g/mol. The molecule has 0 spiro atoms. The molecule has 3 rings (SSSR count). The van der Waals surface area contributed by atoms with Gasteiger partial charge in [0.2, 0.25) is 0 Å². The van der Waals surface area contributed by atoms with E-state index in [-0.39, 0.29) is 29.5 Å². The molecule has 0 fully saturated rings. The number of nitrogens with one attached hydrogen (secondary N) is 1. The van der Waals surface area contributed by atoms with E-state index in [0.29, 0.717) is 17.9 Å². The Bertz CT molecular complexity index is 1060. The Morgan fingerprint density at radius 2 is 2.03 bits per heavy atom. The number of rotatable bonds is 8. The number of allylic oxidation sites excluding steroid dienone is 1. The lowest BCUT2D eigenvalue weighted by atomic mass is 10.1. The number of carbonyl (C=O) groups excluding carboxylic acids is 1. The van der Waals surface area contributed by atoms with Crippen LogP contribution in [-0.2, 0) is 13.0 Å². The lowest BCUT2D eigenvalue weighted by molar-refractivity contribution is -0.384. The van der Waals surface area contributed by atoms with Crippen molar-refractivity contribution in [1.82, 2.24) is 0 Å². The second-order valence-corrected chi connectivity index (χ2v) is 6.07. The van der Waals surface area contributed by atoms with E-state index in [0.717, 1.165) is 23.8 Å². The number of anilines is 1. The summed E-state index contributed by atoms with van der Waals surface area (Å²) in [6, 6.07) is 13.9. The third-order valence-electron chi connectivity index (χ3n) is 4.03. The monoisotopic (exact) mass is 394 g/mol. The first-order valence-electron chi connectivity index (χ1n) is 8.67. The molecule has 0 saturated heterocycles. The van der Waals surface area contributed by atoms with Crippen molar-refractivity contribution in [1.29, 1.82) is 0 Å². The number of phenolic OH excluding ortho intramolecular Hbond substituents is 1. The fourth-order valence-electron chi connectivity index (χ4n) is 2.62. The summed E-state index contributed by atoms with van der Waals surface area (Å²) >= 11 is 0. The highest BCUT2D eigenvalue weighted by Gasteiger charge is 2.16. The number of aromatic hydroxyl groups is 1.